The van der Waals surface area contributed by atoms with E-state index in [1.807, 2.05) is 36.4 Å². The van der Waals surface area contributed by atoms with Gasteiger partial charge in [0, 0.05) is 11.8 Å². The first-order chi connectivity index (χ1) is 8.79. The molecule has 0 unspecified atom stereocenters. The minimum absolute atomic E-state index is 0.0613. The molecule has 0 atom stereocenters. The van der Waals surface area contributed by atoms with Gasteiger partial charge in [-0.3, -0.25) is 9.69 Å². The van der Waals surface area contributed by atoms with Crippen LogP contribution in [0.4, 0.5) is 11.4 Å². The van der Waals surface area contributed by atoms with Crippen LogP contribution in [0.5, 0.6) is 5.88 Å². The average Bonchev–Trinajstić information content (AvgIpc) is 2.74. The molecule has 18 heavy (non-hydrogen) atoms. The maximum Gasteiger partial charge on any atom is 0.236 e. The quantitative estimate of drug-likeness (QED) is 0.809. The van der Waals surface area contributed by atoms with Crippen LogP contribution >= 0.6 is 0 Å². The summed E-state index contributed by atoms with van der Waals surface area (Å²) in [6, 6.07) is 11.4. The number of anilines is 2. The normalized spacial score (nSPS) is 13.6. The Balaban J connectivity index is 2.07. The lowest BCUT2D eigenvalue weighted by molar-refractivity contribution is -0.116. The topological polar surface area (TPSA) is 42.4 Å². The maximum absolute atomic E-state index is 12.1. The number of hydrogen-bond acceptors (Lipinski definition) is 3. The predicted octanol–water partition coefficient (Wildman–Crippen LogP) is 2.31. The summed E-state index contributed by atoms with van der Waals surface area (Å²) in [6.07, 6.45) is 2.08. The zero-order valence-electron chi connectivity index (χ0n) is 9.96. The summed E-state index contributed by atoms with van der Waals surface area (Å²) in [4.78, 5) is 17.9. The molecule has 0 N–H and O–H groups in total. The van der Waals surface area contributed by atoms with Gasteiger partial charge in [0.05, 0.1) is 25.4 Å². The van der Waals surface area contributed by atoms with E-state index in [2.05, 4.69) is 4.98 Å². The number of pyridine rings is 1. The summed E-state index contributed by atoms with van der Waals surface area (Å²) in [5.74, 6) is 0.600. The molecule has 1 aliphatic heterocycles. The number of benzene rings is 1. The molecule has 1 amide bonds. The van der Waals surface area contributed by atoms with Crippen molar-refractivity contribution in [2.75, 3.05) is 12.0 Å². The van der Waals surface area contributed by atoms with Gasteiger partial charge in [-0.15, -0.1) is 0 Å². The number of carbonyl (C=O) groups is 1. The van der Waals surface area contributed by atoms with Crippen LogP contribution in [-0.2, 0) is 11.2 Å². The van der Waals surface area contributed by atoms with E-state index in [9.17, 15) is 4.79 Å². The molecule has 1 aromatic carbocycles. The summed E-state index contributed by atoms with van der Waals surface area (Å²) in [5.41, 5.74) is 2.66. The number of aromatic nitrogens is 1. The monoisotopic (exact) mass is 240 g/mol. The van der Waals surface area contributed by atoms with E-state index in [1.165, 1.54) is 0 Å². The SMILES string of the molecule is COc1cc2c(cn1)N(c1ccccc1)C(=O)C2. The maximum atomic E-state index is 12.1. The van der Waals surface area contributed by atoms with Gasteiger partial charge in [-0.05, 0) is 17.7 Å². The highest BCUT2D eigenvalue weighted by atomic mass is 16.5. The van der Waals surface area contributed by atoms with Crippen LogP contribution in [0.2, 0.25) is 0 Å². The van der Waals surface area contributed by atoms with Crippen molar-refractivity contribution in [1.29, 1.82) is 0 Å². The van der Waals surface area contributed by atoms with Crippen LogP contribution in [-0.4, -0.2) is 18.0 Å². The van der Waals surface area contributed by atoms with Crippen LogP contribution in [0, 0.1) is 0 Å². The van der Waals surface area contributed by atoms with E-state index >= 15 is 0 Å². The van der Waals surface area contributed by atoms with Crippen molar-refractivity contribution in [3.63, 3.8) is 0 Å². The van der Waals surface area contributed by atoms with Crippen molar-refractivity contribution < 1.29 is 9.53 Å². The molecule has 1 aliphatic rings. The highest BCUT2D eigenvalue weighted by molar-refractivity contribution is 6.07. The number of ether oxygens (including phenoxy) is 1. The Morgan fingerprint density at radius 1 is 1.28 bits per heavy atom. The Labute approximate surface area is 105 Å². The second-order valence-electron chi connectivity index (χ2n) is 4.10. The Hall–Kier alpha value is -2.36. The van der Waals surface area contributed by atoms with Gasteiger partial charge in [-0.2, -0.15) is 0 Å². The Morgan fingerprint density at radius 3 is 2.78 bits per heavy atom. The zero-order valence-corrected chi connectivity index (χ0v) is 9.96. The van der Waals surface area contributed by atoms with Crippen molar-refractivity contribution in [1.82, 2.24) is 4.98 Å². The smallest absolute Gasteiger partial charge is 0.236 e. The van der Waals surface area contributed by atoms with Crippen molar-refractivity contribution in [2.24, 2.45) is 0 Å². The fourth-order valence-corrected chi connectivity index (χ4v) is 2.16. The number of fused-ring (bicyclic) bond motifs is 1. The first kappa shape index (κ1) is 10.8. The molecule has 1 aromatic heterocycles. The van der Waals surface area contributed by atoms with Crippen LogP contribution in [0.1, 0.15) is 5.56 Å². The van der Waals surface area contributed by atoms with Crippen molar-refractivity contribution in [3.8, 4) is 5.88 Å². The van der Waals surface area contributed by atoms with E-state index in [-0.39, 0.29) is 5.91 Å². The number of hydrogen-bond donors (Lipinski definition) is 0. The van der Waals surface area contributed by atoms with Gasteiger partial charge in [0.2, 0.25) is 11.8 Å². The third kappa shape index (κ3) is 1.62. The van der Waals surface area contributed by atoms with Crippen LogP contribution in [0.25, 0.3) is 0 Å². The molecule has 0 aliphatic carbocycles. The first-order valence-corrected chi connectivity index (χ1v) is 5.70. The van der Waals surface area contributed by atoms with Gasteiger partial charge >= 0.3 is 0 Å². The number of methoxy groups -OCH3 is 1. The zero-order chi connectivity index (χ0) is 12.5. The third-order valence-corrected chi connectivity index (χ3v) is 3.00. The molecule has 2 aromatic rings. The van der Waals surface area contributed by atoms with Gasteiger partial charge in [-0.25, -0.2) is 4.98 Å². The number of para-hydroxylation sites is 1. The molecule has 0 saturated heterocycles. The Kier molecular flexibility index (Phi) is 2.48. The Bertz CT molecular complexity index is 596. The lowest BCUT2D eigenvalue weighted by Crippen LogP contribution is -2.20. The first-order valence-electron chi connectivity index (χ1n) is 5.70. The third-order valence-electron chi connectivity index (χ3n) is 3.00. The highest BCUT2D eigenvalue weighted by Gasteiger charge is 2.29. The molecular weight excluding hydrogens is 228 g/mol. The standard InChI is InChI=1S/C14H12N2O2/c1-18-13-7-10-8-14(17)16(12(10)9-15-13)11-5-3-2-4-6-11/h2-7,9H,8H2,1H3. The minimum atomic E-state index is 0.0613. The number of carbonyl (C=O) groups excluding carboxylic acids is 1. The van der Waals surface area contributed by atoms with Crippen LogP contribution in [0.15, 0.2) is 42.6 Å². The fourth-order valence-electron chi connectivity index (χ4n) is 2.16. The molecular formula is C14H12N2O2. The van der Waals surface area contributed by atoms with Crippen LogP contribution < -0.4 is 9.64 Å². The predicted molar refractivity (Wildman–Crippen MR) is 68.1 cm³/mol. The second kappa shape index (κ2) is 4.14. The second-order valence-corrected chi connectivity index (χ2v) is 4.10. The molecule has 0 saturated carbocycles. The van der Waals surface area contributed by atoms with E-state index in [0.29, 0.717) is 12.3 Å². The summed E-state index contributed by atoms with van der Waals surface area (Å²) >= 11 is 0. The summed E-state index contributed by atoms with van der Waals surface area (Å²) in [6.45, 7) is 0. The average molecular weight is 240 g/mol. The lowest BCUT2D eigenvalue weighted by Gasteiger charge is -2.17. The molecule has 0 radical (unpaired) electrons. The van der Waals surface area contributed by atoms with Crippen LogP contribution in [0.3, 0.4) is 0 Å². The van der Waals surface area contributed by atoms with Gasteiger partial charge in [-0.1, -0.05) is 18.2 Å². The summed E-state index contributed by atoms with van der Waals surface area (Å²) in [7, 11) is 1.57. The Morgan fingerprint density at radius 2 is 2.06 bits per heavy atom. The van der Waals surface area contributed by atoms with Crippen molar-refractivity contribution in [2.45, 2.75) is 6.42 Å². The van der Waals surface area contributed by atoms with Gasteiger partial charge in [0.25, 0.3) is 0 Å². The molecule has 0 bridgehead atoms. The van der Waals surface area contributed by atoms with E-state index < -0.39 is 0 Å². The molecule has 3 rings (SSSR count). The molecule has 90 valence electrons. The molecule has 4 nitrogen and oxygen atoms in total. The lowest BCUT2D eigenvalue weighted by atomic mass is 10.2. The summed E-state index contributed by atoms with van der Waals surface area (Å²) in [5, 5.41) is 0. The number of rotatable bonds is 2. The number of nitrogens with zero attached hydrogens (tertiary/aromatic N) is 2. The molecule has 4 heteroatoms. The van der Waals surface area contributed by atoms with Gasteiger partial charge in [0.1, 0.15) is 0 Å². The molecule has 0 fully saturated rings. The van der Waals surface area contributed by atoms with E-state index in [0.717, 1.165) is 16.9 Å². The molecule has 2 heterocycles. The summed E-state index contributed by atoms with van der Waals surface area (Å²) < 4.78 is 5.07. The minimum Gasteiger partial charge on any atom is -0.481 e. The van der Waals surface area contributed by atoms with E-state index in [4.69, 9.17) is 4.74 Å². The fraction of sp³-hybridized carbons (Fsp3) is 0.143. The van der Waals surface area contributed by atoms with E-state index in [1.54, 1.807) is 18.2 Å². The number of amides is 1. The highest BCUT2D eigenvalue weighted by Crippen LogP contribution is 2.35. The van der Waals surface area contributed by atoms with Gasteiger partial charge < -0.3 is 4.74 Å². The van der Waals surface area contributed by atoms with Crippen molar-refractivity contribution >= 4 is 17.3 Å². The van der Waals surface area contributed by atoms with Crippen molar-refractivity contribution in [3.05, 3.63) is 48.2 Å². The van der Waals surface area contributed by atoms with Gasteiger partial charge in [0.15, 0.2) is 0 Å². The largest absolute Gasteiger partial charge is 0.481 e. The molecule has 0 spiro atoms.